The molecule has 0 atom stereocenters. The fourth-order valence-electron chi connectivity index (χ4n) is 2.73. The molecule has 0 aliphatic carbocycles. The van der Waals surface area contributed by atoms with Gasteiger partial charge in [-0.15, -0.1) is 0 Å². The molecule has 0 aromatic rings. The summed E-state index contributed by atoms with van der Waals surface area (Å²) in [4.78, 5) is 11.8. The Morgan fingerprint density at radius 2 is 1.11 bits per heavy atom. The Hall–Kier alpha value is -0.330. The van der Waals surface area contributed by atoms with E-state index in [0.717, 1.165) is 25.7 Å². The van der Waals surface area contributed by atoms with Crippen molar-refractivity contribution >= 4 is 5.78 Å². The maximum absolute atomic E-state index is 11.8. The van der Waals surface area contributed by atoms with Gasteiger partial charge in [0.05, 0.1) is 0 Å². The zero-order valence-electron chi connectivity index (χ0n) is 13.7. The molecule has 0 aromatic carbocycles. The molecular weight excluding hydrogens is 232 g/mol. The summed E-state index contributed by atoms with van der Waals surface area (Å²) in [7, 11) is 0. The number of ketones is 1. The van der Waals surface area contributed by atoms with E-state index in [1.54, 1.807) is 0 Å². The van der Waals surface area contributed by atoms with Crippen LogP contribution in [0.25, 0.3) is 0 Å². The van der Waals surface area contributed by atoms with Crippen molar-refractivity contribution in [1.82, 2.24) is 0 Å². The molecule has 19 heavy (non-hydrogen) atoms. The highest BCUT2D eigenvalue weighted by atomic mass is 16.1. The minimum absolute atomic E-state index is 0.332. The first-order valence-corrected chi connectivity index (χ1v) is 8.78. The quantitative estimate of drug-likeness (QED) is 0.338. The van der Waals surface area contributed by atoms with Crippen LogP contribution in [0.15, 0.2) is 0 Å². The maximum atomic E-state index is 11.8. The molecule has 0 heterocycles. The molecule has 0 fully saturated rings. The first kappa shape index (κ1) is 18.7. The highest BCUT2D eigenvalue weighted by Gasteiger charge is 2.12. The second-order valence-electron chi connectivity index (χ2n) is 5.91. The van der Waals surface area contributed by atoms with Crippen molar-refractivity contribution in [2.24, 2.45) is 5.92 Å². The Morgan fingerprint density at radius 3 is 1.53 bits per heavy atom. The summed E-state index contributed by atoms with van der Waals surface area (Å²) >= 11 is 0. The summed E-state index contributed by atoms with van der Waals surface area (Å²) in [6.45, 7) is 6.53. The summed E-state index contributed by atoms with van der Waals surface area (Å²) in [5.41, 5.74) is 0. The third-order valence-electron chi connectivity index (χ3n) is 4.22. The molecule has 0 N–H and O–H groups in total. The summed E-state index contributed by atoms with van der Waals surface area (Å²) < 4.78 is 0. The van der Waals surface area contributed by atoms with E-state index in [2.05, 4.69) is 20.8 Å². The highest BCUT2D eigenvalue weighted by molar-refractivity contribution is 5.80. The van der Waals surface area contributed by atoms with Gasteiger partial charge in [0.2, 0.25) is 0 Å². The van der Waals surface area contributed by atoms with Crippen molar-refractivity contribution in [1.29, 1.82) is 0 Å². The van der Waals surface area contributed by atoms with E-state index in [0.29, 0.717) is 11.7 Å². The van der Waals surface area contributed by atoms with E-state index < -0.39 is 0 Å². The molecule has 0 unspecified atom stereocenters. The van der Waals surface area contributed by atoms with Gasteiger partial charge in [0, 0.05) is 12.3 Å². The van der Waals surface area contributed by atoms with E-state index in [9.17, 15) is 4.79 Å². The van der Waals surface area contributed by atoms with Gasteiger partial charge in [-0.05, 0) is 19.3 Å². The van der Waals surface area contributed by atoms with E-state index in [1.807, 2.05) is 0 Å². The van der Waals surface area contributed by atoms with E-state index in [4.69, 9.17) is 0 Å². The van der Waals surface area contributed by atoms with Crippen LogP contribution >= 0.6 is 0 Å². The third kappa shape index (κ3) is 11.2. The summed E-state index contributed by atoms with van der Waals surface area (Å²) in [6, 6.07) is 0. The number of hydrogen-bond donors (Lipinski definition) is 0. The van der Waals surface area contributed by atoms with Crippen LogP contribution in [-0.2, 0) is 4.79 Å². The molecule has 0 rings (SSSR count). The molecule has 114 valence electrons. The number of unbranched alkanes of at least 4 members (excludes halogenated alkanes) is 9. The average molecular weight is 268 g/mol. The Labute approximate surface area is 121 Å². The van der Waals surface area contributed by atoms with Crippen LogP contribution in [0, 0.1) is 5.92 Å². The lowest BCUT2D eigenvalue weighted by Gasteiger charge is -2.10. The monoisotopic (exact) mass is 268 g/mol. The van der Waals surface area contributed by atoms with Crippen molar-refractivity contribution in [2.45, 2.75) is 104 Å². The van der Waals surface area contributed by atoms with Crippen molar-refractivity contribution in [3.8, 4) is 0 Å². The number of hydrogen-bond acceptors (Lipinski definition) is 1. The van der Waals surface area contributed by atoms with E-state index in [1.165, 1.54) is 57.8 Å². The van der Waals surface area contributed by atoms with Crippen LogP contribution in [0.4, 0.5) is 0 Å². The minimum Gasteiger partial charge on any atom is -0.299 e. The first-order chi connectivity index (χ1) is 9.26. The van der Waals surface area contributed by atoms with Crippen molar-refractivity contribution < 1.29 is 4.79 Å². The molecule has 0 aromatic heterocycles. The van der Waals surface area contributed by atoms with Gasteiger partial charge in [-0.25, -0.2) is 0 Å². The SMILES string of the molecule is CCCCCCCCCCCCC(=O)C(CC)CC. The van der Waals surface area contributed by atoms with Gasteiger partial charge in [0.15, 0.2) is 0 Å². The van der Waals surface area contributed by atoms with Crippen LogP contribution in [0.1, 0.15) is 104 Å². The van der Waals surface area contributed by atoms with Gasteiger partial charge >= 0.3 is 0 Å². The molecule has 0 saturated carbocycles. The number of carbonyl (C=O) groups excluding carboxylic acids is 1. The number of rotatable bonds is 14. The molecule has 0 amide bonds. The van der Waals surface area contributed by atoms with Gasteiger partial charge in [0.25, 0.3) is 0 Å². The maximum Gasteiger partial charge on any atom is 0.135 e. The van der Waals surface area contributed by atoms with Gasteiger partial charge in [-0.2, -0.15) is 0 Å². The Bertz CT molecular complexity index is 194. The van der Waals surface area contributed by atoms with Gasteiger partial charge < -0.3 is 0 Å². The predicted octanol–water partition coefficient (Wildman–Crippen LogP) is 6.30. The predicted molar refractivity (Wildman–Crippen MR) is 85.5 cm³/mol. The van der Waals surface area contributed by atoms with Crippen LogP contribution in [-0.4, -0.2) is 5.78 Å². The number of carbonyl (C=O) groups is 1. The molecule has 0 aliphatic rings. The van der Waals surface area contributed by atoms with E-state index >= 15 is 0 Å². The highest BCUT2D eigenvalue weighted by Crippen LogP contribution is 2.15. The normalized spacial score (nSPS) is 11.2. The van der Waals surface area contributed by atoms with Crippen molar-refractivity contribution in [2.75, 3.05) is 0 Å². The summed E-state index contributed by atoms with van der Waals surface area (Å²) in [5, 5.41) is 0. The average Bonchev–Trinajstić information content (AvgIpc) is 2.42. The molecular formula is C18H36O. The van der Waals surface area contributed by atoms with Gasteiger partial charge in [-0.3, -0.25) is 4.79 Å². The Morgan fingerprint density at radius 1 is 0.684 bits per heavy atom. The van der Waals surface area contributed by atoms with E-state index in [-0.39, 0.29) is 0 Å². The fraction of sp³-hybridized carbons (Fsp3) is 0.944. The third-order valence-corrected chi connectivity index (χ3v) is 4.22. The second-order valence-corrected chi connectivity index (χ2v) is 5.91. The Kier molecular flexibility index (Phi) is 13.8. The van der Waals surface area contributed by atoms with Crippen molar-refractivity contribution in [3.05, 3.63) is 0 Å². The zero-order valence-corrected chi connectivity index (χ0v) is 13.7. The summed E-state index contributed by atoms with van der Waals surface area (Å²) in [6.07, 6.45) is 16.3. The lowest BCUT2D eigenvalue weighted by Crippen LogP contribution is -2.12. The molecule has 1 heteroatoms. The lowest BCUT2D eigenvalue weighted by molar-refractivity contribution is -0.123. The molecule has 0 aliphatic heterocycles. The second kappa shape index (κ2) is 14.1. The van der Waals surface area contributed by atoms with Crippen LogP contribution < -0.4 is 0 Å². The minimum atomic E-state index is 0.332. The largest absolute Gasteiger partial charge is 0.299 e. The molecule has 0 radical (unpaired) electrons. The van der Waals surface area contributed by atoms with Crippen LogP contribution in [0.2, 0.25) is 0 Å². The summed E-state index contributed by atoms with van der Waals surface area (Å²) in [5.74, 6) is 0.836. The Balaban J connectivity index is 3.24. The first-order valence-electron chi connectivity index (χ1n) is 8.78. The zero-order chi connectivity index (χ0) is 14.3. The molecule has 0 saturated heterocycles. The molecule has 1 nitrogen and oxygen atoms in total. The van der Waals surface area contributed by atoms with Gasteiger partial charge in [-0.1, -0.05) is 78.6 Å². The van der Waals surface area contributed by atoms with Crippen LogP contribution in [0.5, 0.6) is 0 Å². The number of Topliss-reactive ketones (excluding diaryl/α,β-unsaturated/α-hetero) is 1. The van der Waals surface area contributed by atoms with Gasteiger partial charge in [0.1, 0.15) is 5.78 Å². The molecule has 0 spiro atoms. The molecule has 0 bridgehead atoms. The van der Waals surface area contributed by atoms with Crippen molar-refractivity contribution in [3.63, 3.8) is 0 Å². The van der Waals surface area contributed by atoms with Crippen LogP contribution in [0.3, 0.4) is 0 Å². The topological polar surface area (TPSA) is 17.1 Å². The lowest BCUT2D eigenvalue weighted by atomic mass is 9.94. The standard InChI is InChI=1S/C18H36O/c1-4-7-8-9-10-11-12-13-14-15-16-18(19)17(5-2)6-3/h17H,4-16H2,1-3H3. The fourth-order valence-corrected chi connectivity index (χ4v) is 2.73. The smallest absolute Gasteiger partial charge is 0.135 e.